The lowest BCUT2D eigenvalue weighted by molar-refractivity contribution is -0.138. The van der Waals surface area contributed by atoms with Gasteiger partial charge in [0.05, 0.1) is 6.34 Å². The number of rotatable bonds is 6. The second-order valence-electron chi connectivity index (χ2n) is 3.93. The van der Waals surface area contributed by atoms with Gasteiger partial charge in [0, 0.05) is 11.8 Å². The molecule has 1 atom stereocenters. The van der Waals surface area contributed by atoms with Gasteiger partial charge in [0.2, 0.25) is 0 Å². The summed E-state index contributed by atoms with van der Waals surface area (Å²) in [6, 6.07) is 2.44. The van der Waals surface area contributed by atoms with Crippen LogP contribution in [-0.4, -0.2) is 41.3 Å². The maximum atomic E-state index is 12.9. The zero-order valence-corrected chi connectivity index (χ0v) is 11.4. The highest BCUT2D eigenvalue weighted by Gasteiger charge is 2.14. The number of hydrogen-bond acceptors (Lipinski definition) is 5. The Morgan fingerprint density at radius 2 is 2.14 bits per heavy atom. The number of aliphatic imine (C=N–C) groups is 1. The number of phenols is 1. The molecular formula is C13H19FN4O3. The SMILES string of the molecule is N=CN.NCCCC(N=Cc1cc(F)ccc1O)C(=O)O. The van der Waals surface area contributed by atoms with Gasteiger partial charge in [0.1, 0.15) is 17.6 Å². The molecule has 0 saturated heterocycles. The summed E-state index contributed by atoms with van der Waals surface area (Å²) in [6.45, 7) is 0.379. The van der Waals surface area contributed by atoms with E-state index in [0.717, 1.165) is 24.7 Å². The number of nitrogens with two attached hydrogens (primary N) is 2. The first-order chi connectivity index (χ1) is 9.96. The van der Waals surface area contributed by atoms with Crippen molar-refractivity contribution < 1.29 is 19.4 Å². The summed E-state index contributed by atoms with van der Waals surface area (Å²) in [5.41, 5.74) is 9.83. The molecule has 7 N–H and O–H groups in total. The molecule has 0 saturated carbocycles. The summed E-state index contributed by atoms with van der Waals surface area (Å²) in [4.78, 5) is 14.7. The molecule has 1 rings (SSSR count). The molecule has 0 heterocycles. The molecular weight excluding hydrogens is 279 g/mol. The molecule has 0 amide bonds. The summed E-state index contributed by atoms with van der Waals surface area (Å²) >= 11 is 0. The molecule has 0 aliphatic carbocycles. The molecule has 0 spiro atoms. The minimum atomic E-state index is -1.07. The zero-order valence-electron chi connectivity index (χ0n) is 11.4. The Bertz CT molecular complexity index is 494. The Morgan fingerprint density at radius 3 is 2.67 bits per heavy atom. The first kappa shape index (κ1) is 18.5. The van der Waals surface area contributed by atoms with E-state index in [9.17, 15) is 14.3 Å². The predicted molar refractivity (Wildman–Crippen MR) is 78.3 cm³/mol. The normalized spacial score (nSPS) is 11.5. The van der Waals surface area contributed by atoms with Gasteiger partial charge < -0.3 is 21.7 Å². The number of benzene rings is 1. The second kappa shape index (κ2) is 10.3. The number of phenolic OH excluding ortho intramolecular Hbond substituents is 1. The van der Waals surface area contributed by atoms with Crippen molar-refractivity contribution in [2.45, 2.75) is 18.9 Å². The van der Waals surface area contributed by atoms with Gasteiger partial charge in [-0.1, -0.05) is 0 Å². The first-order valence-electron chi connectivity index (χ1n) is 6.11. The Balaban J connectivity index is 0.00000122. The smallest absolute Gasteiger partial charge is 0.328 e. The maximum Gasteiger partial charge on any atom is 0.328 e. The summed E-state index contributed by atoms with van der Waals surface area (Å²) in [6.07, 6.45) is 2.75. The third-order valence-electron chi connectivity index (χ3n) is 2.35. The fourth-order valence-corrected chi connectivity index (χ4v) is 1.37. The molecule has 7 nitrogen and oxygen atoms in total. The zero-order chi connectivity index (χ0) is 16.3. The monoisotopic (exact) mass is 298 g/mol. The van der Waals surface area contributed by atoms with E-state index in [1.807, 2.05) is 0 Å². The lowest BCUT2D eigenvalue weighted by Crippen LogP contribution is -2.19. The van der Waals surface area contributed by atoms with Crippen LogP contribution < -0.4 is 11.5 Å². The van der Waals surface area contributed by atoms with Crippen molar-refractivity contribution in [2.24, 2.45) is 16.5 Å². The van der Waals surface area contributed by atoms with Gasteiger partial charge in [-0.05, 0) is 37.6 Å². The lowest BCUT2D eigenvalue weighted by Gasteiger charge is -2.06. The third-order valence-corrected chi connectivity index (χ3v) is 2.35. The highest BCUT2D eigenvalue weighted by Crippen LogP contribution is 2.16. The highest BCUT2D eigenvalue weighted by molar-refractivity contribution is 5.86. The van der Waals surface area contributed by atoms with Crippen LogP contribution in [0.25, 0.3) is 0 Å². The molecule has 8 heteroatoms. The highest BCUT2D eigenvalue weighted by atomic mass is 19.1. The van der Waals surface area contributed by atoms with Crippen LogP contribution in [0.1, 0.15) is 18.4 Å². The van der Waals surface area contributed by atoms with Crippen molar-refractivity contribution in [3.05, 3.63) is 29.6 Å². The quantitative estimate of drug-likeness (QED) is 0.387. The number of nitrogens with zero attached hydrogens (tertiary/aromatic N) is 1. The molecule has 1 aromatic carbocycles. The Labute approximate surface area is 121 Å². The molecule has 116 valence electrons. The van der Waals surface area contributed by atoms with Crippen LogP contribution in [0.5, 0.6) is 5.75 Å². The lowest BCUT2D eigenvalue weighted by atomic mass is 10.1. The van der Waals surface area contributed by atoms with Crippen LogP contribution in [0.2, 0.25) is 0 Å². The topological polar surface area (TPSA) is 146 Å². The van der Waals surface area contributed by atoms with E-state index >= 15 is 0 Å². The van der Waals surface area contributed by atoms with Gasteiger partial charge in [0.15, 0.2) is 0 Å². The molecule has 0 aromatic heterocycles. The first-order valence-corrected chi connectivity index (χ1v) is 6.11. The van der Waals surface area contributed by atoms with Crippen molar-refractivity contribution in [2.75, 3.05) is 6.54 Å². The molecule has 0 fully saturated rings. The fourth-order valence-electron chi connectivity index (χ4n) is 1.37. The van der Waals surface area contributed by atoms with E-state index in [1.54, 1.807) is 0 Å². The van der Waals surface area contributed by atoms with E-state index < -0.39 is 17.8 Å². The van der Waals surface area contributed by atoms with Crippen LogP contribution >= 0.6 is 0 Å². The molecule has 1 aromatic rings. The Kier molecular flexibility index (Phi) is 9.11. The van der Waals surface area contributed by atoms with Crippen molar-refractivity contribution in [3.8, 4) is 5.75 Å². The second-order valence-corrected chi connectivity index (χ2v) is 3.93. The summed E-state index contributed by atoms with van der Waals surface area (Å²) in [5, 5.41) is 24.2. The molecule has 0 bridgehead atoms. The average molecular weight is 298 g/mol. The molecule has 0 aliphatic heterocycles. The van der Waals surface area contributed by atoms with Crippen molar-refractivity contribution in [1.29, 1.82) is 5.41 Å². The van der Waals surface area contributed by atoms with Gasteiger partial charge in [-0.25, -0.2) is 9.18 Å². The van der Waals surface area contributed by atoms with Gasteiger partial charge in [-0.3, -0.25) is 10.4 Å². The third kappa shape index (κ3) is 7.63. The molecule has 1 unspecified atom stereocenters. The summed E-state index contributed by atoms with van der Waals surface area (Å²) in [5.74, 6) is -1.75. The van der Waals surface area contributed by atoms with Crippen LogP contribution in [-0.2, 0) is 4.79 Å². The number of aliphatic carboxylic acids is 1. The van der Waals surface area contributed by atoms with E-state index in [-0.39, 0.29) is 11.3 Å². The van der Waals surface area contributed by atoms with E-state index in [0.29, 0.717) is 19.4 Å². The predicted octanol–water partition coefficient (Wildman–Crippen LogP) is 0.694. The van der Waals surface area contributed by atoms with Crippen molar-refractivity contribution in [1.82, 2.24) is 0 Å². The average Bonchev–Trinajstić information content (AvgIpc) is 2.43. The number of aromatic hydroxyl groups is 1. The summed E-state index contributed by atoms with van der Waals surface area (Å²) < 4.78 is 12.9. The molecule has 0 aliphatic rings. The fraction of sp³-hybridized carbons (Fsp3) is 0.308. The Hall–Kier alpha value is -2.48. The largest absolute Gasteiger partial charge is 0.507 e. The maximum absolute atomic E-state index is 12.9. The number of carboxylic acid groups (broad SMARTS) is 1. The van der Waals surface area contributed by atoms with Crippen LogP contribution in [0.3, 0.4) is 0 Å². The van der Waals surface area contributed by atoms with Crippen LogP contribution in [0.4, 0.5) is 4.39 Å². The van der Waals surface area contributed by atoms with Gasteiger partial charge in [0.25, 0.3) is 0 Å². The van der Waals surface area contributed by atoms with Crippen LogP contribution in [0, 0.1) is 11.2 Å². The van der Waals surface area contributed by atoms with E-state index in [1.165, 1.54) is 6.07 Å². The number of carbonyl (C=O) groups is 1. The number of carboxylic acids is 1. The van der Waals surface area contributed by atoms with Crippen molar-refractivity contribution >= 4 is 18.5 Å². The molecule has 21 heavy (non-hydrogen) atoms. The Morgan fingerprint density at radius 1 is 1.52 bits per heavy atom. The summed E-state index contributed by atoms with van der Waals surface area (Å²) in [7, 11) is 0. The minimum absolute atomic E-state index is 0.147. The van der Waals surface area contributed by atoms with Gasteiger partial charge in [-0.15, -0.1) is 0 Å². The number of nitrogens with one attached hydrogen (secondary N) is 1. The van der Waals surface area contributed by atoms with Gasteiger partial charge in [-0.2, -0.15) is 0 Å². The van der Waals surface area contributed by atoms with Crippen LogP contribution in [0.15, 0.2) is 23.2 Å². The van der Waals surface area contributed by atoms with Gasteiger partial charge >= 0.3 is 5.97 Å². The van der Waals surface area contributed by atoms with E-state index in [4.69, 9.17) is 16.2 Å². The molecule has 0 radical (unpaired) electrons. The van der Waals surface area contributed by atoms with E-state index in [2.05, 4.69) is 10.7 Å². The standard InChI is InChI=1S/C12H15FN2O3.CH4N2/c13-9-3-4-11(16)8(6-9)7-15-10(12(17)18)2-1-5-14;2-1-3/h3-4,6-7,10,16H,1-2,5,14H2,(H,17,18);1H,(H3,2,3). The van der Waals surface area contributed by atoms with Crippen molar-refractivity contribution in [3.63, 3.8) is 0 Å². The minimum Gasteiger partial charge on any atom is -0.507 e. The number of halogens is 1. The number of hydrogen-bond donors (Lipinski definition) is 5.